The van der Waals surface area contributed by atoms with Crippen molar-refractivity contribution in [3.8, 4) is 0 Å². The van der Waals surface area contributed by atoms with Gasteiger partial charge in [-0.05, 0) is 48.1 Å². The van der Waals surface area contributed by atoms with Crippen molar-refractivity contribution in [2.24, 2.45) is 0 Å². The molecule has 4 nitrogen and oxygen atoms in total. The largest absolute Gasteiger partial charge is 0.456 e. The molecule has 0 aliphatic carbocycles. The first-order valence-electron chi connectivity index (χ1n) is 8.66. The highest BCUT2D eigenvalue weighted by molar-refractivity contribution is 5.94. The number of hydrogen-bond donors (Lipinski definition) is 1. The number of aryl methyl sites for hydroxylation is 2. The van der Waals surface area contributed by atoms with E-state index < -0.39 is 5.97 Å². The molecular formula is C21H24FNO3. The molecule has 0 unspecified atom stereocenters. The molecule has 0 fully saturated rings. The van der Waals surface area contributed by atoms with Crippen LogP contribution in [0, 0.1) is 12.7 Å². The van der Waals surface area contributed by atoms with Crippen LogP contribution in [0.15, 0.2) is 42.5 Å². The van der Waals surface area contributed by atoms with Crippen LogP contribution in [-0.2, 0) is 20.7 Å². The molecule has 0 aromatic heterocycles. The summed E-state index contributed by atoms with van der Waals surface area (Å²) < 4.78 is 17.9. The van der Waals surface area contributed by atoms with Crippen LogP contribution in [0.4, 0.5) is 10.1 Å². The summed E-state index contributed by atoms with van der Waals surface area (Å²) >= 11 is 0. The van der Waals surface area contributed by atoms with Crippen LogP contribution in [0.25, 0.3) is 0 Å². The number of nitrogens with one attached hydrogen (secondary N) is 1. The number of para-hydroxylation sites is 1. The van der Waals surface area contributed by atoms with Crippen LogP contribution in [0.2, 0.25) is 0 Å². The number of hydrogen-bond acceptors (Lipinski definition) is 3. The van der Waals surface area contributed by atoms with E-state index in [2.05, 4.69) is 19.2 Å². The van der Waals surface area contributed by atoms with Gasteiger partial charge in [-0.25, -0.2) is 4.39 Å². The third kappa shape index (κ3) is 5.69. The minimum atomic E-state index is -0.460. The van der Waals surface area contributed by atoms with E-state index in [1.807, 2.05) is 25.1 Å². The fourth-order valence-corrected chi connectivity index (χ4v) is 2.63. The van der Waals surface area contributed by atoms with Crippen LogP contribution >= 0.6 is 0 Å². The van der Waals surface area contributed by atoms with E-state index in [-0.39, 0.29) is 30.7 Å². The minimum absolute atomic E-state index is 0.139. The summed E-state index contributed by atoms with van der Waals surface area (Å²) in [5.41, 5.74) is 3.62. The average molecular weight is 357 g/mol. The van der Waals surface area contributed by atoms with E-state index in [1.54, 1.807) is 12.1 Å². The molecule has 0 aliphatic heterocycles. The summed E-state index contributed by atoms with van der Waals surface area (Å²) in [6, 6.07) is 11.8. The molecule has 0 heterocycles. The number of carbonyl (C=O) groups excluding carboxylic acids is 2. The Labute approximate surface area is 153 Å². The second kappa shape index (κ2) is 9.13. The first kappa shape index (κ1) is 19.6. The van der Waals surface area contributed by atoms with Crippen LogP contribution in [0.1, 0.15) is 42.9 Å². The van der Waals surface area contributed by atoms with Gasteiger partial charge in [-0.15, -0.1) is 0 Å². The zero-order valence-electron chi connectivity index (χ0n) is 15.3. The van der Waals surface area contributed by atoms with Crippen molar-refractivity contribution < 1.29 is 18.7 Å². The Morgan fingerprint density at radius 3 is 2.46 bits per heavy atom. The molecule has 138 valence electrons. The Bertz CT molecular complexity index is 769. The predicted octanol–water partition coefficient (Wildman–Crippen LogP) is 4.37. The smallest absolute Gasteiger partial charge is 0.306 e. The van der Waals surface area contributed by atoms with Gasteiger partial charge in [-0.1, -0.05) is 44.2 Å². The first-order valence-corrected chi connectivity index (χ1v) is 8.66. The van der Waals surface area contributed by atoms with Gasteiger partial charge >= 0.3 is 5.97 Å². The number of ether oxygens (including phenoxy) is 1. The van der Waals surface area contributed by atoms with Crippen LogP contribution in [0.5, 0.6) is 0 Å². The van der Waals surface area contributed by atoms with E-state index in [0.717, 1.165) is 22.4 Å². The molecule has 0 aliphatic rings. The molecule has 1 amide bonds. The lowest BCUT2D eigenvalue weighted by molar-refractivity contribution is -0.147. The van der Waals surface area contributed by atoms with Gasteiger partial charge in [-0.3, -0.25) is 9.59 Å². The van der Waals surface area contributed by atoms with E-state index in [1.165, 1.54) is 12.1 Å². The molecule has 26 heavy (non-hydrogen) atoms. The zero-order chi connectivity index (χ0) is 19.1. The minimum Gasteiger partial charge on any atom is -0.456 e. The van der Waals surface area contributed by atoms with Crippen molar-refractivity contribution in [1.29, 1.82) is 0 Å². The molecule has 0 radical (unpaired) electrons. The summed E-state index contributed by atoms with van der Waals surface area (Å²) in [6.45, 7) is 5.71. The average Bonchev–Trinajstić information content (AvgIpc) is 2.61. The SMILES string of the molecule is Cc1cccc(C(C)C)c1NC(=O)COC(=O)CCc1ccc(F)cc1. The van der Waals surface area contributed by atoms with Gasteiger partial charge in [-0.2, -0.15) is 0 Å². The number of rotatable bonds is 7. The summed E-state index contributed by atoms with van der Waals surface area (Å²) in [7, 11) is 0. The third-order valence-corrected chi connectivity index (χ3v) is 4.09. The van der Waals surface area contributed by atoms with Gasteiger partial charge in [0.1, 0.15) is 5.82 Å². The molecule has 0 saturated heterocycles. The molecule has 0 saturated carbocycles. The molecule has 5 heteroatoms. The van der Waals surface area contributed by atoms with Crippen LogP contribution in [0.3, 0.4) is 0 Å². The lowest BCUT2D eigenvalue weighted by Gasteiger charge is -2.16. The molecule has 0 atom stereocenters. The molecule has 2 rings (SSSR count). The van der Waals surface area contributed by atoms with Crippen molar-refractivity contribution >= 4 is 17.6 Å². The Morgan fingerprint density at radius 1 is 1.12 bits per heavy atom. The molecule has 0 spiro atoms. The number of esters is 1. The quantitative estimate of drug-likeness (QED) is 0.749. The monoisotopic (exact) mass is 357 g/mol. The molecule has 2 aromatic carbocycles. The Balaban J connectivity index is 1.83. The maximum atomic E-state index is 12.8. The van der Waals surface area contributed by atoms with Gasteiger partial charge in [0, 0.05) is 12.1 Å². The van der Waals surface area contributed by atoms with Crippen molar-refractivity contribution in [1.82, 2.24) is 0 Å². The predicted molar refractivity (Wildman–Crippen MR) is 99.6 cm³/mol. The Hall–Kier alpha value is -2.69. The van der Waals surface area contributed by atoms with Crippen LogP contribution in [-0.4, -0.2) is 18.5 Å². The van der Waals surface area contributed by atoms with Crippen molar-refractivity contribution in [2.45, 2.75) is 39.5 Å². The number of anilines is 1. The fourth-order valence-electron chi connectivity index (χ4n) is 2.63. The fraction of sp³-hybridized carbons (Fsp3) is 0.333. The van der Waals surface area contributed by atoms with Crippen molar-refractivity contribution in [3.63, 3.8) is 0 Å². The Morgan fingerprint density at radius 2 is 1.81 bits per heavy atom. The van der Waals surface area contributed by atoms with E-state index in [9.17, 15) is 14.0 Å². The normalized spacial score (nSPS) is 10.7. The summed E-state index contributed by atoms with van der Waals surface area (Å²) in [5.74, 6) is -0.872. The van der Waals surface area contributed by atoms with Gasteiger partial charge in [0.05, 0.1) is 0 Å². The second-order valence-corrected chi connectivity index (χ2v) is 6.53. The number of benzene rings is 2. The van der Waals surface area contributed by atoms with Crippen molar-refractivity contribution in [2.75, 3.05) is 11.9 Å². The topological polar surface area (TPSA) is 55.4 Å². The molecule has 2 aromatic rings. The summed E-state index contributed by atoms with van der Waals surface area (Å²) in [5, 5.41) is 2.84. The molecule has 1 N–H and O–H groups in total. The van der Waals surface area contributed by atoms with Gasteiger partial charge in [0.25, 0.3) is 5.91 Å². The third-order valence-electron chi connectivity index (χ3n) is 4.09. The lowest BCUT2D eigenvalue weighted by atomic mass is 9.98. The van der Waals surface area contributed by atoms with E-state index in [4.69, 9.17) is 4.74 Å². The van der Waals surface area contributed by atoms with Crippen LogP contribution < -0.4 is 5.32 Å². The lowest BCUT2D eigenvalue weighted by Crippen LogP contribution is -2.22. The highest BCUT2D eigenvalue weighted by atomic mass is 19.1. The first-order chi connectivity index (χ1) is 12.4. The maximum absolute atomic E-state index is 12.8. The number of carbonyl (C=O) groups is 2. The van der Waals surface area contributed by atoms with Gasteiger partial charge < -0.3 is 10.1 Å². The standard InChI is InChI=1S/C21H24FNO3/c1-14(2)18-6-4-5-15(3)21(18)23-19(24)13-26-20(25)12-9-16-7-10-17(22)11-8-16/h4-8,10-11,14H,9,12-13H2,1-3H3,(H,23,24). The summed E-state index contributed by atoms with van der Waals surface area (Å²) in [6.07, 6.45) is 0.580. The highest BCUT2D eigenvalue weighted by Gasteiger charge is 2.13. The number of amides is 1. The summed E-state index contributed by atoms with van der Waals surface area (Å²) in [4.78, 5) is 23.9. The molecular weight excluding hydrogens is 333 g/mol. The zero-order valence-corrected chi connectivity index (χ0v) is 15.3. The van der Waals surface area contributed by atoms with E-state index >= 15 is 0 Å². The van der Waals surface area contributed by atoms with E-state index in [0.29, 0.717) is 6.42 Å². The number of halogens is 1. The molecule has 0 bridgehead atoms. The Kier molecular flexibility index (Phi) is 6.89. The maximum Gasteiger partial charge on any atom is 0.306 e. The highest BCUT2D eigenvalue weighted by Crippen LogP contribution is 2.27. The van der Waals surface area contributed by atoms with Crippen molar-refractivity contribution in [3.05, 3.63) is 65.0 Å². The van der Waals surface area contributed by atoms with Gasteiger partial charge in [0.15, 0.2) is 6.61 Å². The van der Waals surface area contributed by atoms with Gasteiger partial charge in [0.2, 0.25) is 0 Å². The second-order valence-electron chi connectivity index (χ2n) is 6.53.